The van der Waals surface area contributed by atoms with E-state index in [9.17, 15) is 14.0 Å². The highest BCUT2D eigenvalue weighted by Gasteiger charge is 2.32. The van der Waals surface area contributed by atoms with Crippen molar-refractivity contribution < 1.29 is 19.1 Å². The van der Waals surface area contributed by atoms with Gasteiger partial charge in [0.2, 0.25) is 0 Å². The number of hydrogen-bond acceptors (Lipinski definition) is 2. The van der Waals surface area contributed by atoms with Crippen molar-refractivity contribution in [3.63, 3.8) is 0 Å². The Kier molecular flexibility index (Phi) is 4.19. The van der Waals surface area contributed by atoms with Crippen LogP contribution in [0.2, 0.25) is 0 Å². The summed E-state index contributed by atoms with van der Waals surface area (Å²) in [5.74, 6) is -1.81. The first kappa shape index (κ1) is 14.0. The first-order valence-electron chi connectivity index (χ1n) is 5.99. The first-order valence-corrected chi connectivity index (χ1v) is 6.79. The first-order chi connectivity index (χ1) is 9.00. The molecule has 6 heteroatoms. The molecular formula is C13H13BrFNO3. The molecule has 0 saturated carbocycles. The predicted octanol–water partition coefficient (Wildman–Crippen LogP) is 2.67. The van der Waals surface area contributed by atoms with Crippen molar-refractivity contribution in [1.29, 1.82) is 0 Å². The van der Waals surface area contributed by atoms with Crippen LogP contribution in [0.1, 0.15) is 29.6 Å². The minimum atomic E-state index is -0.991. The number of likely N-dealkylation sites (tertiary alicyclic amines) is 1. The van der Waals surface area contributed by atoms with Gasteiger partial charge in [0.25, 0.3) is 5.91 Å². The Labute approximate surface area is 118 Å². The molecule has 1 N–H and O–H groups in total. The molecular weight excluding hydrogens is 317 g/mol. The topological polar surface area (TPSA) is 57.6 Å². The molecule has 1 aliphatic heterocycles. The lowest BCUT2D eigenvalue weighted by Gasteiger charge is -2.33. The lowest BCUT2D eigenvalue weighted by atomic mass is 10.0. The van der Waals surface area contributed by atoms with E-state index in [1.807, 2.05) is 0 Å². The number of carbonyl (C=O) groups is 2. The van der Waals surface area contributed by atoms with Crippen LogP contribution in [0.5, 0.6) is 0 Å². The number of amides is 1. The SMILES string of the molecule is O=C(O)C1CCCCN1C(=O)c1ccc(F)c(Br)c1. The van der Waals surface area contributed by atoms with E-state index < -0.39 is 17.8 Å². The number of halogens is 2. The fourth-order valence-electron chi connectivity index (χ4n) is 2.23. The maximum absolute atomic E-state index is 13.1. The summed E-state index contributed by atoms with van der Waals surface area (Å²) in [6.07, 6.45) is 2.05. The zero-order valence-electron chi connectivity index (χ0n) is 10.1. The Balaban J connectivity index is 2.26. The second-order valence-electron chi connectivity index (χ2n) is 4.48. The molecule has 1 atom stereocenters. The van der Waals surface area contributed by atoms with Crippen LogP contribution in [0.25, 0.3) is 0 Å². The molecule has 1 saturated heterocycles. The molecule has 0 radical (unpaired) electrons. The molecule has 0 aliphatic carbocycles. The summed E-state index contributed by atoms with van der Waals surface area (Å²) < 4.78 is 13.3. The largest absolute Gasteiger partial charge is 0.480 e. The standard InChI is InChI=1S/C13H13BrFNO3/c14-9-7-8(4-5-10(9)15)12(17)16-6-2-1-3-11(16)13(18)19/h4-5,7,11H,1-3,6H2,(H,18,19). The van der Waals surface area contributed by atoms with Crippen LogP contribution < -0.4 is 0 Å². The number of carbonyl (C=O) groups excluding carboxylic acids is 1. The van der Waals surface area contributed by atoms with Gasteiger partial charge in [0.1, 0.15) is 11.9 Å². The van der Waals surface area contributed by atoms with Gasteiger partial charge in [-0.3, -0.25) is 4.79 Å². The average molecular weight is 330 g/mol. The maximum atomic E-state index is 13.1. The van der Waals surface area contributed by atoms with Crippen molar-refractivity contribution in [2.75, 3.05) is 6.54 Å². The van der Waals surface area contributed by atoms with Gasteiger partial charge in [0.05, 0.1) is 4.47 Å². The van der Waals surface area contributed by atoms with Gasteiger partial charge in [0.15, 0.2) is 0 Å². The van der Waals surface area contributed by atoms with E-state index in [0.29, 0.717) is 18.5 Å². The number of piperidine rings is 1. The van der Waals surface area contributed by atoms with Gasteiger partial charge in [-0.05, 0) is 53.4 Å². The lowest BCUT2D eigenvalue weighted by Crippen LogP contribution is -2.48. The normalized spacial score (nSPS) is 19.3. The van der Waals surface area contributed by atoms with Gasteiger partial charge < -0.3 is 10.0 Å². The molecule has 0 aromatic heterocycles. The van der Waals surface area contributed by atoms with Crippen molar-refractivity contribution in [2.24, 2.45) is 0 Å². The van der Waals surface area contributed by atoms with E-state index in [1.165, 1.54) is 23.1 Å². The predicted molar refractivity (Wildman–Crippen MR) is 70.4 cm³/mol. The van der Waals surface area contributed by atoms with Crippen LogP contribution in [-0.4, -0.2) is 34.5 Å². The average Bonchev–Trinajstić information content (AvgIpc) is 2.41. The second-order valence-corrected chi connectivity index (χ2v) is 5.33. The third-order valence-corrected chi connectivity index (χ3v) is 3.82. The molecule has 1 aromatic rings. The minimum Gasteiger partial charge on any atom is -0.480 e. The Morgan fingerprint density at radius 2 is 2.11 bits per heavy atom. The third-order valence-electron chi connectivity index (χ3n) is 3.22. The van der Waals surface area contributed by atoms with Gasteiger partial charge in [-0.15, -0.1) is 0 Å². The smallest absolute Gasteiger partial charge is 0.326 e. The lowest BCUT2D eigenvalue weighted by molar-refractivity contribution is -0.143. The molecule has 0 bridgehead atoms. The number of carboxylic acid groups (broad SMARTS) is 1. The van der Waals surface area contributed by atoms with Gasteiger partial charge >= 0.3 is 5.97 Å². The van der Waals surface area contributed by atoms with Crippen LogP contribution in [0.15, 0.2) is 22.7 Å². The van der Waals surface area contributed by atoms with Crippen molar-refractivity contribution >= 4 is 27.8 Å². The van der Waals surface area contributed by atoms with Crippen LogP contribution in [-0.2, 0) is 4.79 Å². The summed E-state index contributed by atoms with van der Waals surface area (Å²) in [6.45, 7) is 0.421. The molecule has 1 amide bonds. The van der Waals surface area contributed by atoms with Crippen molar-refractivity contribution in [3.8, 4) is 0 Å². The third kappa shape index (κ3) is 2.94. The Morgan fingerprint density at radius 1 is 1.37 bits per heavy atom. The summed E-state index contributed by atoms with van der Waals surface area (Å²) in [5.41, 5.74) is 0.293. The number of aliphatic carboxylic acids is 1. The quantitative estimate of drug-likeness (QED) is 0.907. The number of rotatable bonds is 2. The molecule has 1 fully saturated rings. The zero-order valence-corrected chi connectivity index (χ0v) is 11.7. The van der Waals surface area contributed by atoms with Crippen molar-refractivity contribution in [3.05, 3.63) is 34.1 Å². The van der Waals surface area contributed by atoms with Gasteiger partial charge in [-0.25, -0.2) is 9.18 Å². The van der Waals surface area contributed by atoms with E-state index >= 15 is 0 Å². The molecule has 1 unspecified atom stereocenters. The second kappa shape index (κ2) is 5.69. The summed E-state index contributed by atoms with van der Waals surface area (Å²) in [5, 5.41) is 9.14. The van der Waals surface area contributed by atoms with Gasteiger partial charge in [-0.2, -0.15) is 0 Å². The van der Waals surface area contributed by atoms with E-state index in [4.69, 9.17) is 5.11 Å². The van der Waals surface area contributed by atoms with Crippen LogP contribution in [0.3, 0.4) is 0 Å². The number of benzene rings is 1. The summed E-state index contributed by atoms with van der Waals surface area (Å²) in [7, 11) is 0. The number of nitrogens with zero attached hydrogens (tertiary/aromatic N) is 1. The Hall–Kier alpha value is -1.43. The van der Waals surface area contributed by atoms with Crippen molar-refractivity contribution in [2.45, 2.75) is 25.3 Å². The number of hydrogen-bond donors (Lipinski definition) is 1. The molecule has 0 spiro atoms. The molecule has 19 heavy (non-hydrogen) atoms. The molecule has 1 heterocycles. The highest BCUT2D eigenvalue weighted by atomic mass is 79.9. The van der Waals surface area contributed by atoms with Gasteiger partial charge in [-0.1, -0.05) is 0 Å². The Bertz CT molecular complexity index is 521. The minimum absolute atomic E-state index is 0.197. The van der Waals surface area contributed by atoms with E-state index in [-0.39, 0.29) is 10.4 Å². The molecule has 4 nitrogen and oxygen atoms in total. The van der Waals surface area contributed by atoms with Crippen LogP contribution >= 0.6 is 15.9 Å². The molecule has 102 valence electrons. The van der Waals surface area contributed by atoms with E-state index in [2.05, 4.69) is 15.9 Å². The van der Waals surface area contributed by atoms with Crippen LogP contribution in [0, 0.1) is 5.82 Å². The maximum Gasteiger partial charge on any atom is 0.326 e. The molecule has 1 aromatic carbocycles. The number of carboxylic acids is 1. The van der Waals surface area contributed by atoms with E-state index in [0.717, 1.165) is 12.8 Å². The van der Waals surface area contributed by atoms with Crippen LogP contribution in [0.4, 0.5) is 4.39 Å². The van der Waals surface area contributed by atoms with Gasteiger partial charge in [0, 0.05) is 12.1 Å². The monoisotopic (exact) mass is 329 g/mol. The fraction of sp³-hybridized carbons (Fsp3) is 0.385. The molecule has 2 rings (SSSR count). The van der Waals surface area contributed by atoms with Crippen molar-refractivity contribution in [1.82, 2.24) is 4.90 Å². The zero-order chi connectivity index (χ0) is 14.0. The van der Waals surface area contributed by atoms with E-state index in [1.54, 1.807) is 0 Å². The summed E-state index contributed by atoms with van der Waals surface area (Å²) in [4.78, 5) is 24.8. The highest BCUT2D eigenvalue weighted by molar-refractivity contribution is 9.10. The summed E-state index contributed by atoms with van der Waals surface area (Å²) >= 11 is 3.02. The molecule has 1 aliphatic rings. The Morgan fingerprint density at radius 3 is 2.74 bits per heavy atom. The fourth-order valence-corrected chi connectivity index (χ4v) is 2.61. The highest BCUT2D eigenvalue weighted by Crippen LogP contribution is 2.22. The summed E-state index contributed by atoms with van der Waals surface area (Å²) in [6, 6.07) is 3.16.